The highest BCUT2D eigenvalue weighted by Crippen LogP contribution is 2.19. The third-order valence-corrected chi connectivity index (χ3v) is 5.65. The van der Waals surface area contributed by atoms with E-state index in [1.54, 1.807) is 24.4 Å². The zero-order chi connectivity index (χ0) is 26.5. The molecule has 0 aliphatic carbocycles. The Kier molecular flexibility index (Phi) is 11.3. The molecule has 2 aromatic carbocycles. The van der Waals surface area contributed by atoms with Gasteiger partial charge in [0.1, 0.15) is 23.7 Å². The number of para-hydroxylation sites is 1. The molecule has 0 bridgehead atoms. The zero-order valence-electron chi connectivity index (χ0n) is 22.4. The molecular weight excluding hydrogens is 467 g/mol. The van der Waals surface area contributed by atoms with Crippen LogP contribution >= 0.6 is 0 Å². The molecule has 198 valence electrons. The van der Waals surface area contributed by atoms with Gasteiger partial charge in [0.25, 0.3) is 0 Å². The summed E-state index contributed by atoms with van der Waals surface area (Å²) in [6.07, 6.45) is 4.94. The summed E-state index contributed by atoms with van der Waals surface area (Å²) in [6.45, 7) is 10.6. The maximum absolute atomic E-state index is 13.9. The molecule has 0 fully saturated rings. The summed E-state index contributed by atoms with van der Waals surface area (Å²) in [4.78, 5) is 11.8. The number of ether oxygens (including phenoxy) is 1. The van der Waals surface area contributed by atoms with Gasteiger partial charge in [0.15, 0.2) is 5.82 Å². The number of benzene rings is 2. The fourth-order valence-electron chi connectivity index (χ4n) is 3.95. The lowest BCUT2D eigenvalue weighted by Crippen LogP contribution is -2.26. The van der Waals surface area contributed by atoms with Crippen LogP contribution in [0.15, 0.2) is 59.7 Å². The molecule has 0 aliphatic rings. The number of anilines is 3. The lowest BCUT2D eigenvalue weighted by molar-refractivity contribution is 0.0825. The quantitative estimate of drug-likeness (QED) is 0.107. The highest BCUT2D eigenvalue weighted by Gasteiger charge is 2.12. The maximum Gasteiger partial charge on any atom is 0.152 e. The van der Waals surface area contributed by atoms with Gasteiger partial charge in [0.2, 0.25) is 0 Å². The van der Waals surface area contributed by atoms with Gasteiger partial charge < -0.3 is 15.0 Å². The van der Waals surface area contributed by atoms with Crippen molar-refractivity contribution in [3.63, 3.8) is 0 Å². The van der Waals surface area contributed by atoms with Gasteiger partial charge in [-0.25, -0.2) is 14.4 Å². The Bertz CT molecular complexity index is 1130. The van der Waals surface area contributed by atoms with Crippen LogP contribution in [0.25, 0.3) is 0 Å². The molecule has 0 saturated heterocycles. The standard InChI is InChI=1S/C29H39FN6O/c1-5-16-36(17-6-2)29-20-28(35-31-21-24-12-9-11-22(3)19-24)33-27(34-29)15-10-18-37-23(4)32-26-14-8-7-13-25(26)30/h7-9,11-14,19-21,23,32H,5-6,10,15-18H2,1-4H3,(H,33,34,35)/b31-21+. The molecule has 0 aliphatic heterocycles. The molecule has 37 heavy (non-hydrogen) atoms. The minimum atomic E-state index is -0.318. The third-order valence-electron chi connectivity index (χ3n) is 5.65. The van der Waals surface area contributed by atoms with E-state index < -0.39 is 0 Å². The molecule has 1 atom stereocenters. The number of rotatable bonds is 15. The van der Waals surface area contributed by atoms with Crippen LogP contribution in [0.3, 0.4) is 0 Å². The number of aryl methyl sites for hydroxylation is 2. The summed E-state index contributed by atoms with van der Waals surface area (Å²) >= 11 is 0. The van der Waals surface area contributed by atoms with Crippen LogP contribution in [0.4, 0.5) is 21.7 Å². The van der Waals surface area contributed by atoms with E-state index in [-0.39, 0.29) is 12.0 Å². The maximum atomic E-state index is 13.9. The van der Waals surface area contributed by atoms with Crippen molar-refractivity contribution in [1.29, 1.82) is 0 Å². The van der Waals surface area contributed by atoms with Crippen molar-refractivity contribution in [3.05, 3.63) is 77.4 Å². The molecule has 1 unspecified atom stereocenters. The van der Waals surface area contributed by atoms with Gasteiger partial charge in [-0.2, -0.15) is 5.10 Å². The summed E-state index contributed by atoms with van der Waals surface area (Å²) in [5.74, 6) is 2.01. The molecule has 0 saturated carbocycles. The molecule has 3 aromatic rings. The summed E-state index contributed by atoms with van der Waals surface area (Å²) in [5, 5.41) is 7.45. The predicted octanol–water partition coefficient (Wildman–Crippen LogP) is 6.40. The van der Waals surface area contributed by atoms with E-state index in [9.17, 15) is 4.39 Å². The summed E-state index contributed by atoms with van der Waals surface area (Å²) in [6, 6.07) is 16.7. The van der Waals surface area contributed by atoms with Gasteiger partial charge in [0, 0.05) is 32.2 Å². The lowest BCUT2D eigenvalue weighted by atomic mass is 10.2. The van der Waals surface area contributed by atoms with Crippen molar-refractivity contribution in [2.24, 2.45) is 5.10 Å². The molecule has 8 heteroatoms. The molecule has 0 amide bonds. The first-order valence-corrected chi connectivity index (χ1v) is 13.1. The van der Waals surface area contributed by atoms with E-state index >= 15 is 0 Å². The van der Waals surface area contributed by atoms with Crippen LogP contribution in [0, 0.1) is 12.7 Å². The lowest BCUT2D eigenvalue weighted by Gasteiger charge is -2.23. The zero-order valence-corrected chi connectivity index (χ0v) is 22.4. The van der Waals surface area contributed by atoms with Crippen molar-refractivity contribution in [1.82, 2.24) is 9.97 Å². The Morgan fingerprint density at radius 3 is 2.57 bits per heavy atom. The van der Waals surface area contributed by atoms with Crippen LogP contribution in [0.5, 0.6) is 0 Å². The number of nitrogens with zero attached hydrogens (tertiary/aromatic N) is 4. The average molecular weight is 507 g/mol. The highest BCUT2D eigenvalue weighted by atomic mass is 19.1. The number of aromatic nitrogens is 2. The van der Waals surface area contributed by atoms with Gasteiger partial charge >= 0.3 is 0 Å². The van der Waals surface area contributed by atoms with E-state index in [2.05, 4.69) is 53.6 Å². The summed E-state index contributed by atoms with van der Waals surface area (Å²) < 4.78 is 19.7. The van der Waals surface area contributed by atoms with Crippen molar-refractivity contribution in [2.45, 2.75) is 59.6 Å². The predicted molar refractivity (Wildman–Crippen MR) is 151 cm³/mol. The smallest absolute Gasteiger partial charge is 0.152 e. The van der Waals surface area contributed by atoms with E-state index in [0.29, 0.717) is 24.5 Å². The van der Waals surface area contributed by atoms with Gasteiger partial charge in [-0.15, -0.1) is 0 Å². The fourth-order valence-corrected chi connectivity index (χ4v) is 3.95. The molecule has 7 nitrogen and oxygen atoms in total. The monoisotopic (exact) mass is 506 g/mol. The number of halogens is 1. The van der Waals surface area contributed by atoms with Crippen molar-refractivity contribution < 1.29 is 9.13 Å². The third kappa shape index (κ3) is 9.46. The number of hydrazone groups is 1. The molecule has 3 rings (SSSR count). The minimum Gasteiger partial charge on any atom is -0.359 e. The van der Waals surface area contributed by atoms with Gasteiger partial charge in [0.05, 0.1) is 11.9 Å². The molecule has 1 heterocycles. The summed E-state index contributed by atoms with van der Waals surface area (Å²) in [7, 11) is 0. The second-order valence-corrected chi connectivity index (χ2v) is 9.04. The number of nitrogens with one attached hydrogen (secondary N) is 2. The van der Waals surface area contributed by atoms with E-state index in [1.807, 2.05) is 25.1 Å². The first-order valence-electron chi connectivity index (χ1n) is 13.1. The van der Waals surface area contributed by atoms with Crippen LogP contribution in [0.1, 0.15) is 57.0 Å². The van der Waals surface area contributed by atoms with E-state index in [0.717, 1.165) is 49.6 Å². The average Bonchev–Trinajstić information content (AvgIpc) is 2.88. The molecular formula is C29H39FN6O. The Morgan fingerprint density at radius 2 is 1.84 bits per heavy atom. The fraction of sp³-hybridized carbons (Fsp3) is 0.414. The SMILES string of the molecule is CCCN(CCC)c1cc(N/N=C/c2cccc(C)c2)nc(CCCOC(C)Nc2ccccc2F)n1. The Hall–Kier alpha value is -3.52. The Morgan fingerprint density at radius 1 is 1.05 bits per heavy atom. The summed E-state index contributed by atoms with van der Waals surface area (Å²) in [5.41, 5.74) is 5.73. The molecule has 0 spiro atoms. The van der Waals surface area contributed by atoms with E-state index in [4.69, 9.17) is 14.7 Å². The first-order chi connectivity index (χ1) is 18.0. The van der Waals surface area contributed by atoms with E-state index in [1.165, 1.54) is 11.6 Å². The highest BCUT2D eigenvalue weighted by molar-refractivity contribution is 5.80. The van der Waals surface area contributed by atoms with Crippen LogP contribution in [-0.4, -0.2) is 42.1 Å². The van der Waals surface area contributed by atoms with Crippen molar-refractivity contribution in [2.75, 3.05) is 35.3 Å². The van der Waals surface area contributed by atoms with Crippen molar-refractivity contribution in [3.8, 4) is 0 Å². The van der Waals surface area contributed by atoms with Gasteiger partial charge in [-0.3, -0.25) is 5.43 Å². The van der Waals surface area contributed by atoms with Crippen LogP contribution < -0.4 is 15.6 Å². The largest absolute Gasteiger partial charge is 0.359 e. The molecule has 2 N–H and O–H groups in total. The first kappa shape index (κ1) is 28.1. The van der Waals surface area contributed by atoms with Crippen molar-refractivity contribution >= 4 is 23.5 Å². The van der Waals surface area contributed by atoms with Crippen LogP contribution in [0.2, 0.25) is 0 Å². The second kappa shape index (κ2) is 14.9. The Labute approximate surface area is 220 Å². The minimum absolute atomic E-state index is 0.294. The number of hydrogen-bond donors (Lipinski definition) is 2. The van der Waals surface area contributed by atoms with Gasteiger partial charge in [-0.1, -0.05) is 55.8 Å². The second-order valence-electron chi connectivity index (χ2n) is 9.04. The van der Waals surface area contributed by atoms with Gasteiger partial charge in [-0.05, 0) is 50.8 Å². The Balaban J connectivity index is 1.64. The van der Waals surface area contributed by atoms with Crippen LogP contribution in [-0.2, 0) is 11.2 Å². The topological polar surface area (TPSA) is 74.7 Å². The molecule has 1 aromatic heterocycles. The normalized spacial score (nSPS) is 12.0. The molecule has 0 radical (unpaired) electrons. The number of hydrogen-bond acceptors (Lipinski definition) is 7.